The van der Waals surface area contributed by atoms with Gasteiger partial charge in [0.15, 0.2) is 0 Å². The maximum atomic E-state index is 13.1. The molecule has 0 unspecified atom stereocenters. The Morgan fingerprint density at radius 1 is 1.15 bits per heavy atom. The first-order chi connectivity index (χ1) is 12.6. The Morgan fingerprint density at radius 2 is 1.96 bits per heavy atom. The number of esters is 1. The number of azide groups is 1. The predicted octanol–water partition coefficient (Wildman–Crippen LogP) is 0.182. The molecule has 0 radical (unpaired) electrons. The van der Waals surface area contributed by atoms with Crippen LogP contribution in [0.4, 0.5) is 0 Å². The lowest BCUT2D eigenvalue weighted by molar-refractivity contribution is -0.153. The Labute approximate surface area is 151 Å². The second-order valence-electron chi connectivity index (χ2n) is 6.96. The summed E-state index contributed by atoms with van der Waals surface area (Å²) in [4.78, 5) is 43.8. The van der Waals surface area contributed by atoms with Crippen LogP contribution in [0.5, 0.6) is 0 Å². The molecule has 10 heteroatoms. The molecule has 3 saturated heterocycles. The lowest BCUT2D eigenvalue weighted by Gasteiger charge is -2.31. The molecule has 0 aromatic heterocycles. The van der Waals surface area contributed by atoms with Crippen LogP contribution in [0.2, 0.25) is 0 Å². The molecule has 3 fully saturated rings. The molecule has 0 spiro atoms. The molecular weight excluding hydrogens is 340 g/mol. The number of hydrogen-bond acceptors (Lipinski definition) is 6. The van der Waals surface area contributed by atoms with Crippen molar-refractivity contribution in [3.63, 3.8) is 0 Å². The van der Waals surface area contributed by atoms with Gasteiger partial charge in [0.1, 0.15) is 12.1 Å². The molecule has 2 amide bonds. The zero-order valence-electron chi connectivity index (χ0n) is 14.8. The van der Waals surface area contributed by atoms with Crippen LogP contribution in [0.15, 0.2) is 5.11 Å². The van der Waals surface area contributed by atoms with Crippen molar-refractivity contribution in [1.29, 1.82) is 0 Å². The van der Waals surface area contributed by atoms with E-state index in [2.05, 4.69) is 15.3 Å². The molecule has 0 aromatic rings. The first-order valence-corrected chi connectivity index (χ1v) is 9.03. The molecule has 3 heterocycles. The van der Waals surface area contributed by atoms with Crippen molar-refractivity contribution < 1.29 is 19.1 Å². The fraction of sp³-hybridized carbons (Fsp3) is 0.812. The quantitative estimate of drug-likeness (QED) is 0.329. The highest BCUT2D eigenvalue weighted by atomic mass is 16.5. The molecule has 0 aromatic carbocycles. The van der Waals surface area contributed by atoms with Crippen molar-refractivity contribution in [2.45, 2.75) is 56.3 Å². The van der Waals surface area contributed by atoms with E-state index in [9.17, 15) is 14.4 Å². The SMILES string of the molecule is COC(=O)[C@@H]1CCCN1C(=O)[C@@H]1C[C@H](N=[N+]=[N-])CN1C(=O)[C@@H]1CCCN1. The van der Waals surface area contributed by atoms with Gasteiger partial charge in [-0.05, 0) is 44.2 Å². The number of carbonyl (C=O) groups is 3. The van der Waals surface area contributed by atoms with Crippen molar-refractivity contribution in [2.75, 3.05) is 26.7 Å². The average molecular weight is 364 g/mol. The van der Waals surface area contributed by atoms with Crippen LogP contribution in [0.25, 0.3) is 10.4 Å². The highest BCUT2D eigenvalue weighted by molar-refractivity contribution is 5.93. The second kappa shape index (κ2) is 7.92. The summed E-state index contributed by atoms with van der Waals surface area (Å²) in [5, 5.41) is 6.87. The van der Waals surface area contributed by atoms with Gasteiger partial charge in [0, 0.05) is 18.0 Å². The highest BCUT2D eigenvalue weighted by Gasteiger charge is 2.46. The summed E-state index contributed by atoms with van der Waals surface area (Å²) in [6, 6.07) is -2.04. The molecule has 1 N–H and O–H groups in total. The molecule has 3 aliphatic heterocycles. The number of hydrogen-bond donors (Lipinski definition) is 1. The van der Waals surface area contributed by atoms with E-state index in [4.69, 9.17) is 10.3 Å². The molecule has 4 atom stereocenters. The number of rotatable bonds is 4. The minimum atomic E-state index is -0.703. The van der Waals surface area contributed by atoms with Crippen molar-refractivity contribution in [2.24, 2.45) is 5.11 Å². The zero-order chi connectivity index (χ0) is 18.7. The lowest BCUT2D eigenvalue weighted by Crippen LogP contribution is -2.54. The minimum absolute atomic E-state index is 0.134. The van der Waals surface area contributed by atoms with E-state index in [0.29, 0.717) is 13.0 Å². The van der Waals surface area contributed by atoms with Gasteiger partial charge in [-0.3, -0.25) is 9.59 Å². The van der Waals surface area contributed by atoms with E-state index in [1.54, 1.807) is 0 Å². The Bertz CT molecular complexity index is 628. The van der Waals surface area contributed by atoms with Crippen LogP contribution in [0.1, 0.15) is 32.1 Å². The van der Waals surface area contributed by atoms with Crippen LogP contribution in [-0.2, 0) is 19.1 Å². The maximum Gasteiger partial charge on any atom is 0.328 e. The fourth-order valence-corrected chi connectivity index (χ4v) is 4.15. The maximum absolute atomic E-state index is 13.1. The number of methoxy groups -OCH3 is 1. The minimum Gasteiger partial charge on any atom is -0.467 e. The molecule has 26 heavy (non-hydrogen) atoms. The number of ether oxygens (including phenoxy) is 1. The van der Waals surface area contributed by atoms with Crippen LogP contribution in [-0.4, -0.2) is 78.5 Å². The average Bonchev–Trinajstić information content (AvgIpc) is 3.39. The summed E-state index contributed by atoms with van der Waals surface area (Å²) in [5.41, 5.74) is 8.73. The van der Waals surface area contributed by atoms with Crippen molar-refractivity contribution >= 4 is 17.8 Å². The molecule has 3 rings (SSSR count). The molecule has 0 aliphatic carbocycles. The third kappa shape index (κ3) is 3.47. The van der Waals surface area contributed by atoms with E-state index >= 15 is 0 Å². The van der Waals surface area contributed by atoms with E-state index in [-0.39, 0.29) is 30.8 Å². The Kier molecular flexibility index (Phi) is 5.63. The van der Waals surface area contributed by atoms with E-state index in [0.717, 1.165) is 25.8 Å². The summed E-state index contributed by atoms with van der Waals surface area (Å²) in [7, 11) is 1.30. The monoisotopic (exact) mass is 364 g/mol. The van der Waals surface area contributed by atoms with Gasteiger partial charge in [-0.25, -0.2) is 4.79 Å². The number of amides is 2. The van der Waals surface area contributed by atoms with Crippen LogP contribution >= 0.6 is 0 Å². The molecule has 142 valence electrons. The van der Waals surface area contributed by atoms with E-state index in [1.165, 1.54) is 16.9 Å². The number of likely N-dealkylation sites (tertiary alicyclic amines) is 2. The van der Waals surface area contributed by atoms with Gasteiger partial charge in [0.05, 0.1) is 19.2 Å². The van der Waals surface area contributed by atoms with Gasteiger partial charge in [-0.2, -0.15) is 0 Å². The predicted molar refractivity (Wildman–Crippen MR) is 90.8 cm³/mol. The van der Waals surface area contributed by atoms with E-state index in [1.807, 2.05) is 0 Å². The van der Waals surface area contributed by atoms with Gasteiger partial charge < -0.3 is 19.9 Å². The highest BCUT2D eigenvalue weighted by Crippen LogP contribution is 2.28. The first-order valence-electron chi connectivity index (χ1n) is 9.03. The second-order valence-corrected chi connectivity index (χ2v) is 6.96. The van der Waals surface area contributed by atoms with Gasteiger partial charge in [-0.1, -0.05) is 5.11 Å². The smallest absolute Gasteiger partial charge is 0.328 e. The van der Waals surface area contributed by atoms with Gasteiger partial charge in [0.2, 0.25) is 11.8 Å². The summed E-state index contributed by atoms with van der Waals surface area (Å²) in [6.07, 6.45) is 3.21. The van der Waals surface area contributed by atoms with Crippen molar-refractivity contribution in [1.82, 2.24) is 15.1 Å². The summed E-state index contributed by atoms with van der Waals surface area (Å²) in [5.74, 6) is -0.832. The van der Waals surface area contributed by atoms with E-state index < -0.39 is 24.1 Å². The Morgan fingerprint density at radius 3 is 2.62 bits per heavy atom. The van der Waals surface area contributed by atoms with Crippen molar-refractivity contribution in [3.8, 4) is 0 Å². The first kappa shape index (κ1) is 18.5. The Hall–Kier alpha value is -2.32. The number of nitrogens with one attached hydrogen (secondary N) is 1. The third-order valence-corrected chi connectivity index (χ3v) is 5.43. The topological polar surface area (TPSA) is 128 Å². The molecule has 10 nitrogen and oxygen atoms in total. The van der Waals surface area contributed by atoms with Crippen LogP contribution in [0, 0.1) is 0 Å². The Balaban J connectivity index is 1.79. The molecule has 3 aliphatic rings. The number of nitrogens with zero attached hydrogens (tertiary/aromatic N) is 5. The number of carbonyl (C=O) groups excluding carboxylic acids is 3. The standard InChI is InChI=1S/C16H24N6O4/c1-26-16(25)12-5-3-7-21(12)15(24)13-8-10(19-20-17)9-22(13)14(23)11-4-2-6-18-11/h10-13,18H,2-9H2,1H3/t10-,11-,12-,13-/m0/s1. The fourth-order valence-electron chi connectivity index (χ4n) is 4.15. The van der Waals surface area contributed by atoms with Crippen LogP contribution in [0.3, 0.4) is 0 Å². The molecule has 0 saturated carbocycles. The molecular formula is C16H24N6O4. The largest absolute Gasteiger partial charge is 0.467 e. The van der Waals surface area contributed by atoms with Gasteiger partial charge in [0.25, 0.3) is 0 Å². The third-order valence-electron chi connectivity index (χ3n) is 5.43. The summed E-state index contributed by atoms with van der Waals surface area (Å²) >= 11 is 0. The van der Waals surface area contributed by atoms with Crippen molar-refractivity contribution in [3.05, 3.63) is 10.4 Å². The zero-order valence-corrected chi connectivity index (χ0v) is 14.8. The summed E-state index contributed by atoms with van der Waals surface area (Å²) in [6.45, 7) is 1.47. The normalized spacial score (nSPS) is 31.0. The molecule has 0 bridgehead atoms. The van der Waals surface area contributed by atoms with Gasteiger partial charge >= 0.3 is 5.97 Å². The van der Waals surface area contributed by atoms with Crippen LogP contribution < -0.4 is 5.32 Å². The summed E-state index contributed by atoms with van der Waals surface area (Å²) < 4.78 is 4.80. The van der Waals surface area contributed by atoms with Gasteiger partial charge in [-0.15, -0.1) is 0 Å². The lowest BCUT2D eigenvalue weighted by atomic mass is 10.1.